The molecule has 6 heteroatoms. The van der Waals surface area contributed by atoms with Gasteiger partial charge in [0.05, 0.1) is 6.10 Å². The van der Waals surface area contributed by atoms with Gasteiger partial charge in [-0.2, -0.15) is 13.5 Å². The van der Waals surface area contributed by atoms with E-state index in [1.807, 2.05) is 24.3 Å². The Morgan fingerprint density at radius 2 is 1.75 bits per heavy atom. The molecule has 0 amide bonds. The zero-order chi connectivity index (χ0) is 20.0. The average molecular weight is 459 g/mol. The zero-order valence-corrected chi connectivity index (χ0v) is 21.5. The Morgan fingerprint density at radius 1 is 1.00 bits per heavy atom. The van der Waals surface area contributed by atoms with Crippen LogP contribution in [0.3, 0.4) is 0 Å². The minimum absolute atomic E-state index is 0. The van der Waals surface area contributed by atoms with Crippen LogP contribution in [0.2, 0.25) is 0 Å². The largest absolute Gasteiger partial charge is 0.358 e. The molecule has 28 heavy (non-hydrogen) atoms. The highest BCUT2D eigenvalue weighted by atomic mass is 32.1. The molecular weight excluding hydrogens is 421 g/mol. The molecule has 0 fully saturated rings. The van der Waals surface area contributed by atoms with Gasteiger partial charge in [0.25, 0.3) is 0 Å². The first-order valence-corrected chi connectivity index (χ1v) is 12.7. The molecule has 0 rings (SSSR count). The van der Waals surface area contributed by atoms with Crippen LogP contribution in [0.25, 0.3) is 0 Å². The molecule has 0 saturated heterocycles. The van der Waals surface area contributed by atoms with Gasteiger partial charge in [0, 0.05) is 24.4 Å². The van der Waals surface area contributed by atoms with Crippen molar-refractivity contribution in [3.8, 4) is 11.8 Å². The van der Waals surface area contributed by atoms with Gasteiger partial charge in [0.1, 0.15) is 6.10 Å². The first-order valence-electron chi connectivity index (χ1n) is 9.54. The fourth-order valence-electron chi connectivity index (χ4n) is 2.00. The normalized spacial score (nSPS) is 14.6. The molecule has 0 aliphatic heterocycles. The first kappa shape index (κ1) is 30.0. The van der Waals surface area contributed by atoms with E-state index >= 15 is 0 Å². The van der Waals surface area contributed by atoms with Gasteiger partial charge in [0.2, 0.25) is 0 Å². The molecule has 0 bridgehead atoms. The third-order valence-corrected chi connectivity index (χ3v) is 4.61. The van der Waals surface area contributed by atoms with Crippen LogP contribution in [-0.4, -0.2) is 12.2 Å². The molecule has 3 unspecified atom stereocenters. The van der Waals surface area contributed by atoms with Crippen molar-refractivity contribution < 1.29 is 9.05 Å². The number of unbranched alkanes of at least 4 members (excludes halogenated alkanes) is 1. The van der Waals surface area contributed by atoms with E-state index in [-0.39, 0.29) is 25.7 Å². The lowest BCUT2D eigenvalue weighted by molar-refractivity contribution is 0.298. The minimum Gasteiger partial charge on any atom is -0.358 e. The summed E-state index contributed by atoms with van der Waals surface area (Å²) in [6.07, 6.45) is 26.9. The molecule has 0 N–H and O–H groups in total. The monoisotopic (exact) mass is 458 g/mol. The van der Waals surface area contributed by atoms with Gasteiger partial charge in [-0.1, -0.05) is 95.7 Å². The van der Waals surface area contributed by atoms with Gasteiger partial charge >= 0.3 is 0 Å². The number of rotatable bonds is 14. The zero-order valence-electron chi connectivity index (χ0n) is 17.1. The van der Waals surface area contributed by atoms with E-state index in [2.05, 4.69) is 80.5 Å². The van der Waals surface area contributed by atoms with Crippen LogP contribution in [0.15, 0.2) is 60.8 Å². The number of hydrogen-bond donors (Lipinski definition) is 0. The van der Waals surface area contributed by atoms with E-state index < -0.39 is 0 Å². The van der Waals surface area contributed by atoms with Crippen LogP contribution in [0, 0.1) is 11.8 Å². The SMILES string of the molecule is CC/C=C\C[C@@H](C#C/C=C/C=C/[C@@H](C/C=C\C/C=C\CCC)OP)OPP.S. The summed E-state index contributed by atoms with van der Waals surface area (Å²) in [4.78, 5) is 0. The maximum absolute atomic E-state index is 5.62. The molecule has 0 aromatic rings. The van der Waals surface area contributed by atoms with Crippen molar-refractivity contribution in [2.75, 3.05) is 0 Å². The highest BCUT2D eigenvalue weighted by molar-refractivity contribution is 8.00. The second-order valence-corrected chi connectivity index (χ2v) is 7.20. The molecule has 0 spiro atoms. The molecule has 2 nitrogen and oxygen atoms in total. The van der Waals surface area contributed by atoms with Crippen LogP contribution in [0.1, 0.15) is 52.4 Å². The van der Waals surface area contributed by atoms with E-state index in [0.29, 0.717) is 8.50 Å². The van der Waals surface area contributed by atoms with E-state index in [1.165, 1.54) is 6.42 Å². The molecule has 0 aromatic carbocycles. The third-order valence-electron chi connectivity index (χ3n) is 3.43. The van der Waals surface area contributed by atoms with Crippen LogP contribution in [0.4, 0.5) is 0 Å². The summed E-state index contributed by atoms with van der Waals surface area (Å²) >= 11 is 0. The maximum Gasteiger partial charge on any atom is 0.126 e. The van der Waals surface area contributed by atoms with E-state index in [1.54, 1.807) is 0 Å². The highest BCUT2D eigenvalue weighted by Gasteiger charge is 2.00. The van der Waals surface area contributed by atoms with Gasteiger partial charge in [0.15, 0.2) is 0 Å². The Labute approximate surface area is 186 Å². The predicted molar refractivity (Wildman–Crippen MR) is 140 cm³/mol. The Kier molecular flexibility index (Phi) is 26.6. The molecule has 0 aromatic heterocycles. The smallest absolute Gasteiger partial charge is 0.126 e. The molecule has 0 heterocycles. The van der Waals surface area contributed by atoms with Gasteiger partial charge in [-0.3, -0.25) is 0 Å². The van der Waals surface area contributed by atoms with Crippen molar-refractivity contribution in [1.82, 2.24) is 0 Å². The predicted octanol–water partition coefficient (Wildman–Crippen LogP) is 7.21. The summed E-state index contributed by atoms with van der Waals surface area (Å²) in [6.45, 7) is 4.31. The number of allylic oxidation sites excluding steroid dienone is 7. The van der Waals surface area contributed by atoms with Crippen molar-refractivity contribution in [2.24, 2.45) is 0 Å². The Balaban J connectivity index is 0. The lowest BCUT2D eigenvalue weighted by Gasteiger charge is -2.06. The second kappa shape index (κ2) is 24.9. The molecule has 0 aliphatic carbocycles. The Bertz CT molecular complexity index is 546. The van der Waals surface area contributed by atoms with Crippen molar-refractivity contribution in [2.45, 2.75) is 64.6 Å². The fourth-order valence-corrected chi connectivity index (χ4v) is 3.02. The fraction of sp³-hybridized carbons (Fsp3) is 0.455. The first-order chi connectivity index (χ1) is 13.3. The molecule has 0 saturated carbocycles. The van der Waals surface area contributed by atoms with Crippen LogP contribution in [0.5, 0.6) is 0 Å². The molecule has 5 atom stereocenters. The van der Waals surface area contributed by atoms with Gasteiger partial charge in [-0.25, -0.2) is 0 Å². The lowest BCUT2D eigenvalue weighted by Crippen LogP contribution is -2.02. The average Bonchev–Trinajstić information content (AvgIpc) is 2.68. The summed E-state index contributed by atoms with van der Waals surface area (Å²) in [5.74, 6) is 6.19. The van der Waals surface area contributed by atoms with Crippen molar-refractivity contribution in [1.29, 1.82) is 0 Å². The van der Waals surface area contributed by atoms with Crippen LogP contribution in [-0.2, 0) is 9.05 Å². The lowest BCUT2D eigenvalue weighted by atomic mass is 10.2. The van der Waals surface area contributed by atoms with E-state index in [0.717, 1.165) is 32.1 Å². The van der Waals surface area contributed by atoms with Crippen molar-refractivity contribution >= 4 is 40.4 Å². The summed E-state index contributed by atoms with van der Waals surface area (Å²) < 4.78 is 11.0. The Morgan fingerprint density at radius 3 is 2.43 bits per heavy atom. The standard InChI is InChI=1S/C22H35O2P3.H2S/c1-3-5-7-8-9-10-14-17-21(23-25)18-15-11-12-16-20-22(24-27-26)19-13-6-4-2;/h6-8,10-15,18,21-22,27H,3-5,9,17,19,25-26H2,1-2H3;1H2/b8-7-,12-11+,13-6-,14-10-,18-15+;/t21-,22+;/m1./s1. The molecular formula is C22H37O2P3S. The maximum atomic E-state index is 5.62. The summed E-state index contributed by atoms with van der Waals surface area (Å²) in [5, 5.41) is 0. The second-order valence-electron chi connectivity index (χ2n) is 5.75. The topological polar surface area (TPSA) is 18.5 Å². The van der Waals surface area contributed by atoms with Gasteiger partial charge in [-0.15, -0.1) is 0 Å². The minimum atomic E-state index is -0.0445. The van der Waals surface area contributed by atoms with Gasteiger partial charge < -0.3 is 9.05 Å². The number of hydrogen-bond acceptors (Lipinski definition) is 2. The van der Waals surface area contributed by atoms with Crippen LogP contribution >= 0.6 is 40.4 Å². The van der Waals surface area contributed by atoms with Gasteiger partial charge in [-0.05, 0) is 31.8 Å². The van der Waals surface area contributed by atoms with E-state index in [4.69, 9.17) is 9.05 Å². The Hall–Kier alpha value is -0.180. The van der Waals surface area contributed by atoms with Crippen molar-refractivity contribution in [3.05, 3.63) is 60.8 Å². The van der Waals surface area contributed by atoms with Crippen molar-refractivity contribution in [3.63, 3.8) is 0 Å². The van der Waals surface area contributed by atoms with E-state index in [9.17, 15) is 0 Å². The summed E-state index contributed by atoms with van der Waals surface area (Å²) in [6, 6.07) is 0. The highest BCUT2D eigenvalue weighted by Crippen LogP contribution is 2.24. The summed E-state index contributed by atoms with van der Waals surface area (Å²) in [5.41, 5.74) is 0. The molecule has 0 radical (unpaired) electrons. The quantitative estimate of drug-likeness (QED) is 0.119. The summed E-state index contributed by atoms with van der Waals surface area (Å²) in [7, 11) is 5.31. The molecule has 0 aliphatic rings. The van der Waals surface area contributed by atoms with Crippen LogP contribution < -0.4 is 0 Å². The molecule has 158 valence electrons. The third kappa shape index (κ3) is 20.6.